The van der Waals surface area contributed by atoms with E-state index in [1.165, 1.54) is 0 Å². The van der Waals surface area contributed by atoms with Crippen LogP contribution < -0.4 is 5.32 Å². The van der Waals surface area contributed by atoms with Gasteiger partial charge < -0.3 is 9.84 Å². The third-order valence-corrected chi connectivity index (χ3v) is 4.86. The molecule has 0 spiro atoms. The van der Waals surface area contributed by atoms with Crippen LogP contribution in [0.1, 0.15) is 27.4 Å². The highest BCUT2D eigenvalue weighted by Gasteiger charge is 2.29. The van der Waals surface area contributed by atoms with Crippen molar-refractivity contribution in [1.82, 2.24) is 0 Å². The van der Waals surface area contributed by atoms with Gasteiger partial charge in [-0.1, -0.05) is 48.5 Å². The lowest BCUT2D eigenvalue weighted by Crippen LogP contribution is -2.20. The zero-order chi connectivity index (χ0) is 20.5. The normalized spacial score (nSPS) is 12.2. The second kappa shape index (κ2) is 7.35. The number of carboxylic acids is 1. The molecule has 1 amide bonds. The molecule has 3 aromatic rings. The molecule has 0 saturated carbocycles. The summed E-state index contributed by atoms with van der Waals surface area (Å²) < 4.78 is 32.5. The van der Waals surface area contributed by atoms with Gasteiger partial charge >= 0.3 is 12.1 Å². The van der Waals surface area contributed by atoms with E-state index in [4.69, 9.17) is 9.84 Å². The van der Waals surface area contributed by atoms with Crippen molar-refractivity contribution in [3.8, 4) is 11.1 Å². The van der Waals surface area contributed by atoms with Gasteiger partial charge in [0.25, 0.3) is 0 Å². The van der Waals surface area contributed by atoms with E-state index in [1.807, 2.05) is 48.5 Å². The highest BCUT2D eigenvalue weighted by Crippen LogP contribution is 2.44. The van der Waals surface area contributed by atoms with Crippen molar-refractivity contribution in [2.24, 2.45) is 0 Å². The Hall–Kier alpha value is -3.74. The van der Waals surface area contributed by atoms with Gasteiger partial charge in [-0.3, -0.25) is 5.32 Å². The monoisotopic (exact) mass is 395 g/mol. The van der Waals surface area contributed by atoms with Gasteiger partial charge in [-0.05, 0) is 28.3 Å². The fraction of sp³-hybridized carbons (Fsp3) is 0.0909. The van der Waals surface area contributed by atoms with Crippen molar-refractivity contribution in [2.75, 3.05) is 11.9 Å². The molecule has 5 nitrogen and oxygen atoms in total. The molecule has 0 unspecified atom stereocenters. The van der Waals surface area contributed by atoms with E-state index in [9.17, 15) is 18.4 Å². The number of carbonyl (C=O) groups excluding carboxylic acids is 1. The molecule has 0 saturated heterocycles. The average Bonchev–Trinajstić information content (AvgIpc) is 3.02. The number of rotatable bonds is 4. The first-order valence-electron chi connectivity index (χ1n) is 8.80. The Kier molecular flexibility index (Phi) is 4.72. The molecule has 0 fully saturated rings. The van der Waals surface area contributed by atoms with E-state index in [0.29, 0.717) is 12.1 Å². The Morgan fingerprint density at radius 1 is 0.966 bits per heavy atom. The van der Waals surface area contributed by atoms with Crippen LogP contribution >= 0.6 is 0 Å². The number of nitrogens with one attached hydrogen (secondary N) is 1. The molecular formula is C22H15F2NO4. The van der Waals surface area contributed by atoms with Crippen molar-refractivity contribution < 1.29 is 28.2 Å². The number of aromatic carboxylic acids is 1. The third kappa shape index (κ3) is 3.42. The summed E-state index contributed by atoms with van der Waals surface area (Å²) in [5.41, 5.74) is 2.76. The molecule has 3 aromatic carbocycles. The van der Waals surface area contributed by atoms with Gasteiger partial charge in [0, 0.05) is 12.0 Å². The zero-order valence-corrected chi connectivity index (χ0v) is 15.0. The summed E-state index contributed by atoms with van der Waals surface area (Å²) in [6, 6.07) is 16.6. The lowest BCUT2D eigenvalue weighted by molar-refractivity contribution is 0.0697. The zero-order valence-electron chi connectivity index (χ0n) is 15.0. The van der Waals surface area contributed by atoms with Gasteiger partial charge in [-0.25, -0.2) is 18.4 Å². The molecule has 146 valence electrons. The number of hydrogen-bond acceptors (Lipinski definition) is 3. The third-order valence-electron chi connectivity index (χ3n) is 4.86. The number of halogens is 2. The fourth-order valence-corrected chi connectivity index (χ4v) is 3.61. The summed E-state index contributed by atoms with van der Waals surface area (Å²) in [6.07, 6.45) is -1.03. The Morgan fingerprint density at radius 2 is 1.55 bits per heavy atom. The topological polar surface area (TPSA) is 75.6 Å². The minimum absolute atomic E-state index is 0.0227. The Labute approximate surface area is 164 Å². The number of hydrogen-bond donors (Lipinski definition) is 2. The van der Waals surface area contributed by atoms with Crippen LogP contribution in [0.4, 0.5) is 19.3 Å². The van der Waals surface area contributed by atoms with Gasteiger partial charge in [0.05, 0.1) is 11.3 Å². The maximum absolute atomic E-state index is 14.0. The largest absolute Gasteiger partial charge is 0.478 e. The summed E-state index contributed by atoms with van der Waals surface area (Å²) in [6.45, 7) is -0.0227. The summed E-state index contributed by atoms with van der Waals surface area (Å²) in [5, 5.41) is 11.2. The molecule has 0 aliphatic heterocycles. The van der Waals surface area contributed by atoms with E-state index < -0.39 is 34.9 Å². The summed E-state index contributed by atoms with van der Waals surface area (Å²) in [4.78, 5) is 23.4. The molecule has 1 aliphatic carbocycles. The van der Waals surface area contributed by atoms with Crippen LogP contribution in [0, 0.1) is 11.6 Å². The van der Waals surface area contributed by atoms with Gasteiger partial charge in [-0.15, -0.1) is 0 Å². The molecule has 2 N–H and O–H groups in total. The smallest absolute Gasteiger partial charge is 0.411 e. The molecule has 0 heterocycles. The van der Waals surface area contributed by atoms with Crippen molar-refractivity contribution in [1.29, 1.82) is 0 Å². The number of amides is 1. The van der Waals surface area contributed by atoms with Crippen LogP contribution in [0.15, 0.2) is 60.7 Å². The number of carbonyl (C=O) groups is 2. The lowest BCUT2D eigenvalue weighted by Gasteiger charge is -2.15. The lowest BCUT2D eigenvalue weighted by atomic mass is 9.98. The Bertz CT molecular complexity index is 1080. The van der Waals surface area contributed by atoms with E-state index in [2.05, 4.69) is 5.32 Å². The molecule has 7 heteroatoms. The van der Waals surface area contributed by atoms with E-state index in [1.54, 1.807) is 0 Å². The summed E-state index contributed by atoms with van der Waals surface area (Å²) >= 11 is 0. The molecule has 0 aromatic heterocycles. The number of carboxylic acid groups (broad SMARTS) is 1. The molecule has 29 heavy (non-hydrogen) atoms. The van der Waals surface area contributed by atoms with Crippen molar-refractivity contribution in [2.45, 2.75) is 5.92 Å². The molecule has 4 rings (SSSR count). The highest BCUT2D eigenvalue weighted by atomic mass is 19.1. The quantitative estimate of drug-likeness (QED) is 0.650. The molecular weight excluding hydrogens is 380 g/mol. The first kappa shape index (κ1) is 18.6. The van der Waals surface area contributed by atoms with Crippen molar-refractivity contribution in [3.63, 3.8) is 0 Å². The fourth-order valence-electron chi connectivity index (χ4n) is 3.61. The van der Waals surface area contributed by atoms with Crippen LogP contribution in [0.5, 0.6) is 0 Å². The first-order valence-corrected chi connectivity index (χ1v) is 8.80. The maximum Gasteiger partial charge on any atom is 0.411 e. The maximum atomic E-state index is 14.0. The van der Waals surface area contributed by atoms with Gasteiger partial charge in [-0.2, -0.15) is 0 Å². The van der Waals surface area contributed by atoms with Crippen molar-refractivity contribution in [3.05, 3.63) is 89.0 Å². The van der Waals surface area contributed by atoms with Crippen LogP contribution in [0.25, 0.3) is 11.1 Å². The minimum Gasteiger partial charge on any atom is -0.478 e. The van der Waals surface area contributed by atoms with Crippen molar-refractivity contribution >= 4 is 17.7 Å². The standard InChI is InChI=1S/C22H15F2NO4/c23-12-9-17(21(26)27)20(19(24)10-12)25-22(28)29-11-18-15-7-3-1-5-13(15)14-6-2-4-8-16(14)18/h1-10,18H,11H2,(H,25,28)(H,26,27). The van der Waals surface area contributed by atoms with E-state index in [0.717, 1.165) is 22.3 Å². The Balaban J connectivity index is 1.54. The SMILES string of the molecule is O=C(Nc1c(F)cc(F)cc1C(=O)O)OCC1c2ccccc2-c2ccccc21. The van der Waals surface area contributed by atoms with Crippen LogP contribution in [0.2, 0.25) is 0 Å². The molecule has 0 atom stereocenters. The van der Waals surface area contributed by atoms with Crippen LogP contribution in [-0.4, -0.2) is 23.8 Å². The number of fused-ring (bicyclic) bond motifs is 3. The number of ether oxygens (including phenoxy) is 1. The summed E-state index contributed by atoms with van der Waals surface area (Å²) in [7, 11) is 0. The number of benzene rings is 3. The average molecular weight is 395 g/mol. The van der Waals surface area contributed by atoms with Crippen LogP contribution in [0.3, 0.4) is 0 Å². The van der Waals surface area contributed by atoms with Crippen LogP contribution in [-0.2, 0) is 4.74 Å². The van der Waals surface area contributed by atoms with E-state index in [-0.39, 0.29) is 12.5 Å². The number of anilines is 1. The minimum atomic E-state index is -1.57. The summed E-state index contributed by atoms with van der Waals surface area (Å²) in [5.74, 6) is -4.03. The second-order valence-electron chi connectivity index (χ2n) is 6.57. The predicted octanol–water partition coefficient (Wildman–Crippen LogP) is 5.02. The first-order chi connectivity index (χ1) is 14.0. The van der Waals surface area contributed by atoms with Gasteiger partial charge in [0.2, 0.25) is 0 Å². The highest BCUT2D eigenvalue weighted by molar-refractivity contribution is 5.99. The second-order valence-corrected chi connectivity index (χ2v) is 6.57. The molecule has 0 bridgehead atoms. The predicted molar refractivity (Wildman–Crippen MR) is 102 cm³/mol. The van der Waals surface area contributed by atoms with E-state index >= 15 is 0 Å². The molecule has 0 radical (unpaired) electrons. The molecule has 1 aliphatic rings. The Morgan fingerprint density at radius 3 is 2.14 bits per heavy atom. The van der Waals surface area contributed by atoms with Gasteiger partial charge in [0.15, 0.2) is 5.82 Å². The van der Waals surface area contributed by atoms with Gasteiger partial charge in [0.1, 0.15) is 12.4 Å².